The van der Waals surface area contributed by atoms with Crippen LogP contribution in [-0.4, -0.2) is 28.0 Å². The van der Waals surface area contributed by atoms with Crippen molar-refractivity contribution in [2.75, 3.05) is 13.1 Å². The number of likely N-dealkylation sites (tertiary alicyclic amines) is 1. The summed E-state index contributed by atoms with van der Waals surface area (Å²) in [5, 5.41) is 0. The fraction of sp³-hybridized carbons (Fsp3) is 0.471. The molecule has 1 aromatic carbocycles. The summed E-state index contributed by atoms with van der Waals surface area (Å²) < 4.78 is 12.9. The minimum atomic E-state index is -0.152. The van der Waals surface area contributed by atoms with E-state index in [1.807, 2.05) is 24.5 Å². The van der Waals surface area contributed by atoms with Crippen LogP contribution in [0, 0.1) is 11.7 Å². The first-order chi connectivity index (χ1) is 10.3. The van der Waals surface area contributed by atoms with E-state index >= 15 is 0 Å². The third kappa shape index (κ3) is 4.14. The van der Waals surface area contributed by atoms with Gasteiger partial charge in [0, 0.05) is 18.9 Å². The quantitative estimate of drug-likeness (QED) is 0.914. The molecule has 2 aromatic rings. The molecule has 1 atom stereocenters. The van der Waals surface area contributed by atoms with Crippen LogP contribution in [0.2, 0.25) is 0 Å². The zero-order chi connectivity index (χ0) is 14.5. The minimum Gasteiger partial charge on any atom is -0.348 e. The Hall–Kier alpha value is -1.68. The van der Waals surface area contributed by atoms with Crippen LogP contribution < -0.4 is 0 Å². The summed E-state index contributed by atoms with van der Waals surface area (Å²) >= 11 is 0. The van der Waals surface area contributed by atoms with Gasteiger partial charge in [-0.05, 0) is 55.8 Å². The van der Waals surface area contributed by atoms with E-state index in [1.54, 1.807) is 12.1 Å². The van der Waals surface area contributed by atoms with E-state index in [9.17, 15) is 4.39 Å². The van der Waals surface area contributed by atoms with Gasteiger partial charge in [0.1, 0.15) is 11.6 Å². The van der Waals surface area contributed by atoms with Crippen molar-refractivity contribution in [3.05, 3.63) is 53.9 Å². The topological polar surface area (TPSA) is 31.9 Å². The van der Waals surface area contributed by atoms with Crippen LogP contribution >= 0.6 is 0 Å². The number of imidazole rings is 1. The fourth-order valence-electron chi connectivity index (χ4n) is 3.15. The Morgan fingerprint density at radius 1 is 1.29 bits per heavy atom. The van der Waals surface area contributed by atoms with Crippen molar-refractivity contribution in [2.24, 2.45) is 5.92 Å². The van der Waals surface area contributed by atoms with Crippen LogP contribution in [0.1, 0.15) is 30.7 Å². The van der Waals surface area contributed by atoms with Crippen LogP contribution in [0.15, 0.2) is 36.7 Å². The molecule has 21 heavy (non-hydrogen) atoms. The summed E-state index contributed by atoms with van der Waals surface area (Å²) in [5.41, 5.74) is 1.24. The number of aromatic nitrogens is 2. The van der Waals surface area contributed by atoms with Crippen molar-refractivity contribution in [3.8, 4) is 0 Å². The molecule has 0 bridgehead atoms. The number of piperidine rings is 1. The molecule has 112 valence electrons. The lowest BCUT2D eigenvalue weighted by molar-refractivity contribution is 0.159. The molecule has 0 amide bonds. The van der Waals surface area contributed by atoms with E-state index in [0.717, 1.165) is 37.8 Å². The van der Waals surface area contributed by atoms with Gasteiger partial charge in [0.25, 0.3) is 0 Å². The van der Waals surface area contributed by atoms with E-state index in [1.165, 1.54) is 24.8 Å². The van der Waals surface area contributed by atoms with Gasteiger partial charge < -0.3 is 4.98 Å². The second-order valence-electron chi connectivity index (χ2n) is 5.94. The number of benzene rings is 1. The van der Waals surface area contributed by atoms with E-state index < -0.39 is 0 Å². The van der Waals surface area contributed by atoms with Gasteiger partial charge in [-0.3, -0.25) is 4.90 Å². The standard InChI is InChI=1S/C17H22FN3/c18-16-7-5-14(6-8-16)3-4-15-2-1-11-21(12-15)13-17-19-9-10-20-17/h5-10,15H,1-4,11-13H2,(H,19,20). The normalized spacial score (nSPS) is 19.8. The van der Waals surface area contributed by atoms with Crippen molar-refractivity contribution in [2.45, 2.75) is 32.2 Å². The molecule has 0 aliphatic carbocycles. The lowest BCUT2D eigenvalue weighted by Crippen LogP contribution is -2.35. The maximum Gasteiger partial charge on any atom is 0.123 e. The molecule has 1 aromatic heterocycles. The summed E-state index contributed by atoms with van der Waals surface area (Å²) in [6.07, 6.45) is 8.47. The molecule has 2 heterocycles. The van der Waals surface area contributed by atoms with Gasteiger partial charge in [-0.25, -0.2) is 9.37 Å². The molecule has 1 unspecified atom stereocenters. The molecule has 1 aliphatic heterocycles. The molecule has 1 fully saturated rings. The zero-order valence-electron chi connectivity index (χ0n) is 12.3. The van der Waals surface area contributed by atoms with Gasteiger partial charge in [0.15, 0.2) is 0 Å². The number of H-pyrrole nitrogens is 1. The van der Waals surface area contributed by atoms with Gasteiger partial charge >= 0.3 is 0 Å². The van der Waals surface area contributed by atoms with E-state index in [2.05, 4.69) is 14.9 Å². The average molecular weight is 287 g/mol. The lowest BCUT2D eigenvalue weighted by atomic mass is 9.91. The predicted octanol–water partition coefficient (Wildman–Crippen LogP) is 3.39. The first-order valence-electron chi connectivity index (χ1n) is 7.74. The molecule has 3 nitrogen and oxygen atoms in total. The van der Waals surface area contributed by atoms with Crippen molar-refractivity contribution in [1.82, 2.24) is 14.9 Å². The van der Waals surface area contributed by atoms with Crippen LogP contribution in [0.4, 0.5) is 4.39 Å². The van der Waals surface area contributed by atoms with Crippen molar-refractivity contribution < 1.29 is 4.39 Å². The average Bonchev–Trinajstić information content (AvgIpc) is 3.00. The summed E-state index contributed by atoms with van der Waals surface area (Å²) in [5.74, 6) is 1.63. The monoisotopic (exact) mass is 287 g/mol. The van der Waals surface area contributed by atoms with Gasteiger partial charge in [-0.15, -0.1) is 0 Å². The Morgan fingerprint density at radius 3 is 2.90 bits per heavy atom. The van der Waals surface area contributed by atoms with E-state index in [4.69, 9.17) is 0 Å². The SMILES string of the molecule is Fc1ccc(CCC2CCCN(Cc3ncc[nH]3)C2)cc1. The van der Waals surface area contributed by atoms with Gasteiger partial charge in [0.2, 0.25) is 0 Å². The van der Waals surface area contributed by atoms with Crippen LogP contribution in [0.3, 0.4) is 0 Å². The molecule has 1 saturated heterocycles. The molecule has 1 aliphatic rings. The molecular formula is C17H22FN3. The Balaban J connectivity index is 1.48. The second-order valence-corrected chi connectivity index (χ2v) is 5.94. The maximum absolute atomic E-state index is 12.9. The maximum atomic E-state index is 12.9. The number of aryl methyl sites for hydroxylation is 1. The van der Waals surface area contributed by atoms with Crippen LogP contribution in [-0.2, 0) is 13.0 Å². The highest BCUT2D eigenvalue weighted by atomic mass is 19.1. The van der Waals surface area contributed by atoms with Crippen molar-refractivity contribution in [3.63, 3.8) is 0 Å². The highest BCUT2D eigenvalue weighted by Gasteiger charge is 2.20. The summed E-state index contributed by atoms with van der Waals surface area (Å²) in [6.45, 7) is 3.22. The molecule has 4 heteroatoms. The van der Waals surface area contributed by atoms with Crippen LogP contribution in [0.25, 0.3) is 0 Å². The first-order valence-corrected chi connectivity index (χ1v) is 7.74. The Bertz CT molecular complexity index is 536. The number of hydrogen-bond acceptors (Lipinski definition) is 2. The molecule has 1 N–H and O–H groups in total. The van der Waals surface area contributed by atoms with Crippen molar-refractivity contribution >= 4 is 0 Å². The molecule has 0 saturated carbocycles. The minimum absolute atomic E-state index is 0.152. The number of halogens is 1. The Kier molecular flexibility index (Phi) is 4.65. The van der Waals surface area contributed by atoms with E-state index in [0.29, 0.717) is 0 Å². The lowest BCUT2D eigenvalue weighted by Gasteiger charge is -2.32. The largest absolute Gasteiger partial charge is 0.348 e. The fourth-order valence-corrected chi connectivity index (χ4v) is 3.15. The van der Waals surface area contributed by atoms with Gasteiger partial charge in [0.05, 0.1) is 6.54 Å². The zero-order valence-corrected chi connectivity index (χ0v) is 12.3. The Labute approximate surface area is 125 Å². The second kappa shape index (κ2) is 6.85. The summed E-state index contributed by atoms with van der Waals surface area (Å²) in [6, 6.07) is 6.91. The third-order valence-electron chi connectivity index (χ3n) is 4.29. The summed E-state index contributed by atoms with van der Waals surface area (Å²) in [7, 11) is 0. The highest BCUT2D eigenvalue weighted by molar-refractivity contribution is 5.16. The highest BCUT2D eigenvalue weighted by Crippen LogP contribution is 2.22. The number of rotatable bonds is 5. The number of aromatic amines is 1. The van der Waals surface area contributed by atoms with E-state index in [-0.39, 0.29) is 5.82 Å². The van der Waals surface area contributed by atoms with Crippen molar-refractivity contribution in [1.29, 1.82) is 0 Å². The third-order valence-corrected chi connectivity index (χ3v) is 4.29. The molecular weight excluding hydrogens is 265 g/mol. The van der Waals surface area contributed by atoms with Gasteiger partial charge in [-0.2, -0.15) is 0 Å². The smallest absolute Gasteiger partial charge is 0.123 e. The van der Waals surface area contributed by atoms with Crippen LogP contribution in [0.5, 0.6) is 0 Å². The predicted molar refractivity (Wildman–Crippen MR) is 81.3 cm³/mol. The number of hydrogen-bond donors (Lipinski definition) is 1. The number of nitrogens with one attached hydrogen (secondary N) is 1. The first kappa shape index (κ1) is 14.3. The molecule has 0 spiro atoms. The molecule has 3 rings (SSSR count). The summed E-state index contributed by atoms with van der Waals surface area (Å²) in [4.78, 5) is 9.96. The molecule has 0 radical (unpaired) electrons. The number of nitrogens with zero attached hydrogens (tertiary/aromatic N) is 2. The Morgan fingerprint density at radius 2 is 2.14 bits per heavy atom. The van der Waals surface area contributed by atoms with Gasteiger partial charge in [-0.1, -0.05) is 12.1 Å².